The summed E-state index contributed by atoms with van der Waals surface area (Å²) in [5.74, 6) is 0.264. The number of para-hydroxylation sites is 2. The van der Waals surface area contributed by atoms with Gasteiger partial charge in [0, 0.05) is 31.0 Å². The number of ether oxygens (including phenoxy) is 1. The molecular weight excluding hydrogens is 380 g/mol. The normalized spacial score (nSPS) is 10.4. The molecule has 3 rings (SSSR count). The summed E-state index contributed by atoms with van der Waals surface area (Å²) in [5.41, 5.74) is 2.25. The van der Waals surface area contributed by atoms with E-state index < -0.39 is 0 Å². The third-order valence-corrected chi connectivity index (χ3v) is 4.48. The lowest BCUT2D eigenvalue weighted by Gasteiger charge is -2.12. The topological polar surface area (TPSA) is 85.2 Å². The van der Waals surface area contributed by atoms with Crippen LogP contribution in [0.3, 0.4) is 0 Å². The fourth-order valence-electron chi connectivity index (χ4n) is 3.04. The van der Waals surface area contributed by atoms with E-state index in [1.807, 2.05) is 49.5 Å². The van der Waals surface area contributed by atoms with Crippen molar-refractivity contribution < 1.29 is 14.3 Å². The molecule has 0 aliphatic rings. The van der Waals surface area contributed by atoms with Crippen molar-refractivity contribution in [2.45, 2.75) is 26.3 Å². The van der Waals surface area contributed by atoms with E-state index in [-0.39, 0.29) is 11.8 Å². The number of rotatable bonds is 10. The van der Waals surface area contributed by atoms with Crippen LogP contribution in [0.15, 0.2) is 67.0 Å². The van der Waals surface area contributed by atoms with Crippen LogP contribution in [0.2, 0.25) is 0 Å². The molecule has 7 heteroatoms. The number of carbonyl (C=O) groups is 2. The summed E-state index contributed by atoms with van der Waals surface area (Å²) in [5, 5.41) is 10.0. The third-order valence-electron chi connectivity index (χ3n) is 4.48. The Morgan fingerprint density at radius 3 is 2.67 bits per heavy atom. The lowest BCUT2D eigenvalue weighted by Crippen LogP contribution is -2.26. The van der Waals surface area contributed by atoms with Gasteiger partial charge in [0.05, 0.1) is 18.7 Å². The van der Waals surface area contributed by atoms with Crippen LogP contribution in [0, 0.1) is 0 Å². The number of nitrogens with zero attached hydrogens (tertiary/aromatic N) is 2. The standard InChI is InChI=1S/C23H26N4O3/c1-2-30-21-12-6-4-10-19(21)23(29)24-14-7-13-22(28)26-20-11-5-3-9-18(20)17-27-16-8-15-25-27/h3-6,8-12,15-16H,2,7,13-14,17H2,1H3,(H,24,29)(H,26,28). The van der Waals surface area contributed by atoms with Crippen LogP contribution in [0.25, 0.3) is 0 Å². The van der Waals surface area contributed by atoms with Gasteiger partial charge >= 0.3 is 0 Å². The molecule has 0 fully saturated rings. The second kappa shape index (κ2) is 10.8. The lowest BCUT2D eigenvalue weighted by molar-refractivity contribution is -0.116. The fraction of sp³-hybridized carbons (Fsp3) is 0.261. The molecule has 7 nitrogen and oxygen atoms in total. The van der Waals surface area contributed by atoms with Gasteiger partial charge in [-0.3, -0.25) is 14.3 Å². The van der Waals surface area contributed by atoms with Crippen LogP contribution in [0.5, 0.6) is 5.75 Å². The van der Waals surface area contributed by atoms with Crippen molar-refractivity contribution in [2.75, 3.05) is 18.5 Å². The second-order valence-electron chi connectivity index (χ2n) is 6.70. The van der Waals surface area contributed by atoms with E-state index in [0.29, 0.717) is 43.9 Å². The SMILES string of the molecule is CCOc1ccccc1C(=O)NCCCC(=O)Nc1ccccc1Cn1cccn1. The Labute approximate surface area is 176 Å². The van der Waals surface area contributed by atoms with E-state index in [9.17, 15) is 9.59 Å². The lowest BCUT2D eigenvalue weighted by atomic mass is 10.1. The van der Waals surface area contributed by atoms with Gasteiger partial charge < -0.3 is 15.4 Å². The van der Waals surface area contributed by atoms with Gasteiger partial charge in [-0.15, -0.1) is 0 Å². The molecule has 2 N–H and O–H groups in total. The highest BCUT2D eigenvalue weighted by atomic mass is 16.5. The van der Waals surface area contributed by atoms with E-state index >= 15 is 0 Å². The molecule has 0 saturated carbocycles. The van der Waals surface area contributed by atoms with Crippen LogP contribution >= 0.6 is 0 Å². The van der Waals surface area contributed by atoms with Gasteiger partial charge in [0.15, 0.2) is 0 Å². The maximum atomic E-state index is 12.4. The first-order chi connectivity index (χ1) is 14.7. The average molecular weight is 406 g/mol. The van der Waals surface area contributed by atoms with Crippen LogP contribution < -0.4 is 15.4 Å². The zero-order chi connectivity index (χ0) is 21.2. The van der Waals surface area contributed by atoms with Crippen LogP contribution in [-0.2, 0) is 11.3 Å². The molecule has 1 heterocycles. The summed E-state index contributed by atoms with van der Waals surface area (Å²) < 4.78 is 7.29. The maximum absolute atomic E-state index is 12.4. The molecule has 30 heavy (non-hydrogen) atoms. The molecule has 0 unspecified atom stereocenters. The molecule has 0 bridgehead atoms. The number of hydrogen-bond acceptors (Lipinski definition) is 4. The molecule has 2 amide bonds. The number of aromatic nitrogens is 2. The average Bonchev–Trinajstić information content (AvgIpc) is 3.26. The molecule has 2 aromatic carbocycles. The molecule has 0 radical (unpaired) electrons. The Morgan fingerprint density at radius 2 is 1.87 bits per heavy atom. The summed E-state index contributed by atoms with van der Waals surface area (Å²) >= 11 is 0. The van der Waals surface area contributed by atoms with Crippen LogP contribution in [-0.4, -0.2) is 34.7 Å². The quantitative estimate of drug-likeness (QED) is 0.505. The van der Waals surface area contributed by atoms with Crippen molar-refractivity contribution >= 4 is 17.5 Å². The number of carbonyl (C=O) groups excluding carboxylic acids is 2. The van der Waals surface area contributed by atoms with Crippen molar-refractivity contribution in [3.8, 4) is 5.75 Å². The minimum absolute atomic E-state index is 0.0909. The first-order valence-electron chi connectivity index (χ1n) is 10.0. The van der Waals surface area contributed by atoms with E-state index in [4.69, 9.17) is 4.74 Å². The summed E-state index contributed by atoms with van der Waals surface area (Å²) in [6, 6.07) is 16.7. The van der Waals surface area contributed by atoms with Crippen molar-refractivity contribution in [3.05, 3.63) is 78.1 Å². The predicted octanol–water partition coefficient (Wildman–Crippen LogP) is 3.48. The third kappa shape index (κ3) is 5.94. The summed E-state index contributed by atoms with van der Waals surface area (Å²) in [6.45, 7) is 3.35. The molecule has 0 atom stereocenters. The van der Waals surface area contributed by atoms with Gasteiger partial charge in [0.25, 0.3) is 5.91 Å². The highest BCUT2D eigenvalue weighted by Gasteiger charge is 2.12. The molecule has 0 saturated heterocycles. The number of nitrogens with one attached hydrogen (secondary N) is 2. The number of anilines is 1. The molecule has 1 aromatic heterocycles. The Balaban J connectivity index is 1.46. The van der Waals surface area contributed by atoms with Crippen molar-refractivity contribution in [2.24, 2.45) is 0 Å². The minimum atomic E-state index is -0.205. The van der Waals surface area contributed by atoms with Crippen LogP contribution in [0.4, 0.5) is 5.69 Å². The van der Waals surface area contributed by atoms with E-state index in [2.05, 4.69) is 15.7 Å². The minimum Gasteiger partial charge on any atom is -0.493 e. The smallest absolute Gasteiger partial charge is 0.255 e. The molecule has 156 valence electrons. The molecular formula is C23H26N4O3. The number of amides is 2. The van der Waals surface area contributed by atoms with Crippen molar-refractivity contribution in [1.82, 2.24) is 15.1 Å². The molecule has 0 spiro atoms. The Kier molecular flexibility index (Phi) is 7.60. The number of benzene rings is 2. The van der Waals surface area contributed by atoms with Gasteiger partial charge in [-0.2, -0.15) is 5.10 Å². The van der Waals surface area contributed by atoms with E-state index in [1.54, 1.807) is 29.1 Å². The van der Waals surface area contributed by atoms with Crippen molar-refractivity contribution in [1.29, 1.82) is 0 Å². The zero-order valence-corrected chi connectivity index (χ0v) is 17.0. The molecule has 0 aliphatic carbocycles. The van der Waals surface area contributed by atoms with Gasteiger partial charge in [0.1, 0.15) is 5.75 Å². The van der Waals surface area contributed by atoms with Gasteiger partial charge in [-0.1, -0.05) is 30.3 Å². The molecule has 0 aliphatic heterocycles. The monoisotopic (exact) mass is 406 g/mol. The summed E-state index contributed by atoms with van der Waals surface area (Å²) in [7, 11) is 0. The Morgan fingerprint density at radius 1 is 1.07 bits per heavy atom. The van der Waals surface area contributed by atoms with E-state index in [1.165, 1.54) is 0 Å². The maximum Gasteiger partial charge on any atom is 0.255 e. The summed E-state index contributed by atoms with van der Waals surface area (Å²) in [6.07, 6.45) is 4.45. The second-order valence-corrected chi connectivity index (χ2v) is 6.70. The highest BCUT2D eigenvalue weighted by molar-refractivity contribution is 5.97. The Hall–Kier alpha value is -3.61. The predicted molar refractivity (Wildman–Crippen MR) is 116 cm³/mol. The van der Waals surface area contributed by atoms with E-state index in [0.717, 1.165) is 11.3 Å². The van der Waals surface area contributed by atoms with Gasteiger partial charge in [0.2, 0.25) is 5.91 Å². The van der Waals surface area contributed by atoms with Crippen molar-refractivity contribution in [3.63, 3.8) is 0 Å². The first kappa shape index (κ1) is 21.1. The largest absolute Gasteiger partial charge is 0.493 e. The number of hydrogen-bond donors (Lipinski definition) is 2. The highest BCUT2D eigenvalue weighted by Crippen LogP contribution is 2.18. The Bertz CT molecular complexity index is 970. The van der Waals surface area contributed by atoms with Gasteiger partial charge in [-0.25, -0.2) is 0 Å². The fourth-order valence-corrected chi connectivity index (χ4v) is 3.04. The van der Waals surface area contributed by atoms with Crippen LogP contribution in [0.1, 0.15) is 35.7 Å². The molecule has 3 aromatic rings. The van der Waals surface area contributed by atoms with Gasteiger partial charge in [-0.05, 0) is 43.2 Å². The first-order valence-corrected chi connectivity index (χ1v) is 10.0. The zero-order valence-electron chi connectivity index (χ0n) is 17.0. The summed E-state index contributed by atoms with van der Waals surface area (Å²) in [4.78, 5) is 24.7.